The van der Waals surface area contributed by atoms with E-state index in [0.717, 1.165) is 9.80 Å². The van der Waals surface area contributed by atoms with Gasteiger partial charge in [0.1, 0.15) is 0 Å². The van der Waals surface area contributed by atoms with Crippen LogP contribution in [-0.4, -0.2) is 33.6 Å². The van der Waals surface area contributed by atoms with Crippen LogP contribution in [0.25, 0.3) is 44.7 Å². The Hall–Kier alpha value is -5.78. The lowest BCUT2D eigenvalue weighted by Gasteiger charge is -2.14. The first kappa shape index (κ1) is 25.2. The summed E-state index contributed by atoms with van der Waals surface area (Å²) in [6.45, 7) is 0. The smallest absolute Gasteiger partial charge is 0.347 e. The van der Waals surface area contributed by atoms with Gasteiger partial charge in [-0.2, -0.15) is 0 Å². The number of anilines is 2. The summed E-state index contributed by atoms with van der Waals surface area (Å²) in [6.07, 6.45) is 0.503. The number of hydrogen-bond acceptors (Lipinski definition) is 10. The van der Waals surface area contributed by atoms with Gasteiger partial charge in [-0.05, 0) is 60.7 Å². The van der Waals surface area contributed by atoms with Crippen LogP contribution in [0.3, 0.4) is 0 Å². The van der Waals surface area contributed by atoms with Gasteiger partial charge < -0.3 is 8.83 Å². The van der Waals surface area contributed by atoms with Crippen LogP contribution in [0.5, 0.6) is 0 Å². The Morgan fingerprint density at radius 3 is 1.21 bits per heavy atom. The zero-order chi connectivity index (χ0) is 29.1. The highest BCUT2D eigenvalue weighted by Crippen LogP contribution is 2.29. The summed E-state index contributed by atoms with van der Waals surface area (Å²) in [4.78, 5) is 84.9. The second kappa shape index (κ2) is 9.41. The number of hydrogen-bond donors (Lipinski definition) is 0. The fourth-order valence-electron chi connectivity index (χ4n) is 5.13. The molecule has 5 aromatic rings. The van der Waals surface area contributed by atoms with Crippen molar-refractivity contribution in [3.8, 4) is 22.9 Å². The van der Waals surface area contributed by atoms with Crippen LogP contribution in [0.2, 0.25) is 0 Å². The predicted molar refractivity (Wildman–Crippen MR) is 148 cm³/mol. The van der Waals surface area contributed by atoms with Gasteiger partial charge >= 0.3 is 11.3 Å². The van der Waals surface area contributed by atoms with Gasteiger partial charge in [0, 0.05) is 36.8 Å². The molecular weight excluding hydrogens is 544 g/mol. The van der Waals surface area contributed by atoms with Gasteiger partial charge in [0.25, 0.3) is 0 Å². The Kier molecular flexibility index (Phi) is 5.64. The molecule has 4 amide bonds. The largest absolute Gasteiger partial charge is 0.403 e. The maximum Gasteiger partial charge on any atom is 0.347 e. The molecule has 4 heterocycles. The zero-order valence-corrected chi connectivity index (χ0v) is 21.7. The summed E-state index contributed by atoms with van der Waals surface area (Å²) in [5, 5.41) is 0.258. The number of carbonyl (C=O) groups excluding carboxylic acids is 4. The fourth-order valence-corrected chi connectivity index (χ4v) is 5.13. The molecule has 2 aliphatic rings. The van der Waals surface area contributed by atoms with Crippen molar-refractivity contribution in [1.29, 1.82) is 0 Å². The Bertz CT molecular complexity index is 1950. The van der Waals surface area contributed by atoms with Gasteiger partial charge in [0.2, 0.25) is 35.4 Å². The van der Waals surface area contributed by atoms with Crippen molar-refractivity contribution in [2.75, 3.05) is 9.80 Å². The van der Waals surface area contributed by atoms with Gasteiger partial charge in [0.05, 0.1) is 33.2 Å². The average molecular weight is 562 g/mol. The lowest BCUT2D eigenvalue weighted by molar-refractivity contribution is -0.122. The van der Waals surface area contributed by atoms with E-state index in [2.05, 4.69) is 9.97 Å². The molecule has 12 heteroatoms. The summed E-state index contributed by atoms with van der Waals surface area (Å²) in [6, 6.07) is 15.5. The van der Waals surface area contributed by atoms with E-state index in [0.29, 0.717) is 33.5 Å². The van der Waals surface area contributed by atoms with E-state index in [1.807, 2.05) is 0 Å². The maximum absolute atomic E-state index is 12.8. The Morgan fingerprint density at radius 2 is 0.857 bits per heavy atom. The molecule has 0 atom stereocenters. The van der Waals surface area contributed by atoms with Gasteiger partial charge in [-0.3, -0.25) is 29.0 Å². The Balaban J connectivity index is 1.19. The van der Waals surface area contributed by atoms with Crippen molar-refractivity contribution >= 4 is 56.8 Å². The van der Waals surface area contributed by atoms with E-state index in [1.165, 1.54) is 12.1 Å². The summed E-state index contributed by atoms with van der Waals surface area (Å²) in [7, 11) is 0. The zero-order valence-electron chi connectivity index (χ0n) is 21.7. The molecule has 206 valence electrons. The molecule has 2 saturated heterocycles. The van der Waals surface area contributed by atoms with Crippen molar-refractivity contribution < 1.29 is 28.0 Å². The van der Waals surface area contributed by atoms with Gasteiger partial charge in [-0.25, -0.2) is 19.6 Å². The van der Waals surface area contributed by atoms with Crippen LogP contribution in [0, 0.1) is 0 Å². The van der Waals surface area contributed by atoms with E-state index in [9.17, 15) is 28.8 Å². The lowest BCUT2D eigenvalue weighted by Crippen LogP contribution is -2.28. The van der Waals surface area contributed by atoms with E-state index >= 15 is 0 Å². The first-order valence-electron chi connectivity index (χ1n) is 13.0. The SMILES string of the molecule is O=C1CCC(=O)N1c1ccc2nc(-c3ccc(-c4nc5ccc(N6C(=O)CCC6=O)cc5c(=O)o4)cc3)oc(=O)c2c1. The van der Waals surface area contributed by atoms with Crippen LogP contribution in [0.1, 0.15) is 25.7 Å². The molecule has 12 nitrogen and oxygen atoms in total. The quantitative estimate of drug-likeness (QED) is 0.297. The monoisotopic (exact) mass is 562 g/mol. The van der Waals surface area contributed by atoms with Gasteiger partial charge in [-0.1, -0.05) is 0 Å². The van der Waals surface area contributed by atoms with Crippen LogP contribution >= 0.6 is 0 Å². The summed E-state index contributed by atoms with van der Waals surface area (Å²) >= 11 is 0. The number of fused-ring (bicyclic) bond motifs is 2. The predicted octanol–water partition coefficient (Wildman–Crippen LogP) is 3.33. The first-order chi connectivity index (χ1) is 20.3. The third-order valence-corrected chi connectivity index (χ3v) is 7.22. The van der Waals surface area contributed by atoms with Gasteiger partial charge in [0.15, 0.2) is 0 Å². The summed E-state index contributed by atoms with van der Waals surface area (Å²) in [5.74, 6) is -1.22. The highest BCUT2D eigenvalue weighted by Gasteiger charge is 2.31. The molecular formula is C30H18N4O8. The van der Waals surface area contributed by atoms with Crippen molar-refractivity contribution in [3.63, 3.8) is 0 Å². The Morgan fingerprint density at radius 1 is 0.500 bits per heavy atom. The molecule has 0 N–H and O–H groups in total. The minimum Gasteiger partial charge on any atom is -0.403 e. The van der Waals surface area contributed by atoms with E-state index in [-0.39, 0.29) is 71.9 Å². The number of carbonyl (C=O) groups is 4. The van der Waals surface area contributed by atoms with E-state index < -0.39 is 11.3 Å². The minimum absolute atomic E-state index is 0.0478. The number of nitrogens with zero attached hydrogens (tertiary/aromatic N) is 4. The molecule has 2 aliphatic heterocycles. The fraction of sp³-hybridized carbons (Fsp3) is 0.133. The molecule has 7 rings (SSSR count). The molecule has 0 aliphatic carbocycles. The normalized spacial score (nSPS) is 15.5. The third-order valence-electron chi connectivity index (χ3n) is 7.22. The topological polar surface area (TPSA) is 161 Å². The van der Waals surface area contributed by atoms with E-state index in [4.69, 9.17) is 8.83 Å². The maximum atomic E-state index is 12.8. The van der Waals surface area contributed by atoms with Crippen molar-refractivity contribution in [3.05, 3.63) is 81.5 Å². The van der Waals surface area contributed by atoms with E-state index in [1.54, 1.807) is 48.5 Å². The molecule has 42 heavy (non-hydrogen) atoms. The number of aromatic nitrogens is 2. The van der Waals surface area contributed by atoms with Crippen molar-refractivity contribution in [2.45, 2.75) is 25.7 Å². The number of amides is 4. The van der Waals surface area contributed by atoms with Crippen molar-refractivity contribution in [2.24, 2.45) is 0 Å². The van der Waals surface area contributed by atoms with Crippen LogP contribution in [0.4, 0.5) is 11.4 Å². The molecule has 2 aromatic heterocycles. The van der Waals surface area contributed by atoms with Crippen LogP contribution < -0.4 is 21.1 Å². The number of benzene rings is 3. The molecule has 0 radical (unpaired) electrons. The second-order valence-electron chi connectivity index (χ2n) is 9.84. The molecule has 0 saturated carbocycles. The second-order valence-corrected chi connectivity index (χ2v) is 9.84. The Labute approximate surface area is 234 Å². The summed E-state index contributed by atoms with van der Waals surface area (Å²) in [5.41, 5.74) is 0.815. The standard InChI is InChI=1S/C30H18N4O8/c35-23-9-10-24(36)33(23)17-5-7-21-19(13-17)29(39)41-27(31-21)15-1-2-16(4-3-15)28-32-22-8-6-18(14-20(22)30(40)42-28)34-25(37)11-12-26(34)38/h1-8,13-14H,9-12H2. The van der Waals surface area contributed by atoms with Crippen molar-refractivity contribution in [1.82, 2.24) is 9.97 Å². The highest BCUT2D eigenvalue weighted by atomic mass is 16.4. The molecule has 0 unspecified atom stereocenters. The molecule has 0 spiro atoms. The highest BCUT2D eigenvalue weighted by molar-refractivity contribution is 6.21. The molecule has 2 fully saturated rings. The molecule has 0 bridgehead atoms. The molecule has 3 aromatic carbocycles. The minimum atomic E-state index is -0.682. The lowest BCUT2D eigenvalue weighted by atomic mass is 10.1. The average Bonchev–Trinajstić information content (AvgIpc) is 3.51. The van der Waals surface area contributed by atoms with Crippen LogP contribution in [0.15, 0.2) is 79.1 Å². The summed E-state index contributed by atoms with van der Waals surface area (Å²) < 4.78 is 10.9. The first-order valence-corrected chi connectivity index (χ1v) is 13.0. The van der Waals surface area contributed by atoms with Gasteiger partial charge in [-0.15, -0.1) is 0 Å². The number of rotatable bonds is 4. The van der Waals surface area contributed by atoms with Crippen LogP contribution in [-0.2, 0) is 19.2 Å². The number of imide groups is 2. The third kappa shape index (κ3) is 4.08.